The highest BCUT2D eigenvalue weighted by atomic mass is 19.1. The van der Waals surface area contributed by atoms with Gasteiger partial charge in [-0.2, -0.15) is 0 Å². The highest BCUT2D eigenvalue weighted by Gasteiger charge is 2.21. The predicted molar refractivity (Wildman–Crippen MR) is 63.9 cm³/mol. The van der Waals surface area contributed by atoms with Crippen molar-refractivity contribution in [1.29, 1.82) is 0 Å². The second-order valence-corrected chi connectivity index (χ2v) is 3.80. The molecule has 1 aromatic heterocycles. The third-order valence-electron chi connectivity index (χ3n) is 2.61. The minimum atomic E-state index is -0.586. The monoisotopic (exact) mass is 249 g/mol. The number of hydrogen-bond donors (Lipinski definition) is 1. The molecule has 3 nitrogen and oxygen atoms in total. The molecule has 0 saturated heterocycles. The Labute approximate surface area is 104 Å². The van der Waals surface area contributed by atoms with Gasteiger partial charge in [0.05, 0.1) is 6.04 Å². The molecule has 2 rings (SSSR count). The topological polar surface area (TPSA) is 37.8 Å². The van der Waals surface area contributed by atoms with E-state index in [1.54, 1.807) is 12.4 Å². The van der Waals surface area contributed by atoms with Crippen molar-refractivity contribution in [2.45, 2.75) is 13.0 Å². The SMILES string of the molecule is CCNC(c1cncnc1)c1c(F)cccc1F. The van der Waals surface area contributed by atoms with Gasteiger partial charge in [-0.3, -0.25) is 0 Å². The van der Waals surface area contributed by atoms with Crippen LogP contribution in [-0.4, -0.2) is 16.5 Å². The van der Waals surface area contributed by atoms with Crippen molar-refractivity contribution < 1.29 is 8.78 Å². The van der Waals surface area contributed by atoms with Crippen molar-refractivity contribution in [3.05, 3.63) is 59.7 Å². The van der Waals surface area contributed by atoms with Crippen LogP contribution in [0.15, 0.2) is 36.9 Å². The quantitative estimate of drug-likeness (QED) is 0.904. The molecule has 0 aliphatic rings. The van der Waals surface area contributed by atoms with Crippen molar-refractivity contribution in [3.63, 3.8) is 0 Å². The van der Waals surface area contributed by atoms with E-state index in [9.17, 15) is 8.78 Å². The van der Waals surface area contributed by atoms with Crippen LogP contribution >= 0.6 is 0 Å². The summed E-state index contributed by atoms with van der Waals surface area (Å²) in [6.45, 7) is 2.45. The average Bonchev–Trinajstić information content (AvgIpc) is 2.38. The molecule has 0 spiro atoms. The summed E-state index contributed by atoms with van der Waals surface area (Å²) in [5.41, 5.74) is 0.623. The van der Waals surface area contributed by atoms with Gasteiger partial charge in [0, 0.05) is 23.5 Å². The summed E-state index contributed by atoms with van der Waals surface area (Å²) >= 11 is 0. The van der Waals surface area contributed by atoms with Gasteiger partial charge < -0.3 is 5.32 Å². The third kappa shape index (κ3) is 2.51. The lowest BCUT2D eigenvalue weighted by Crippen LogP contribution is -2.24. The van der Waals surface area contributed by atoms with Crippen LogP contribution in [0.4, 0.5) is 8.78 Å². The van der Waals surface area contributed by atoms with Gasteiger partial charge in [0.2, 0.25) is 0 Å². The number of halogens is 2. The standard InChI is InChI=1S/C13H13F2N3/c1-2-18-13(9-6-16-8-17-7-9)12-10(14)4-3-5-11(12)15/h3-8,13,18H,2H2,1H3. The Kier molecular flexibility index (Phi) is 3.94. The first-order chi connectivity index (χ1) is 8.74. The lowest BCUT2D eigenvalue weighted by molar-refractivity contribution is 0.509. The predicted octanol–water partition coefficient (Wildman–Crippen LogP) is 2.45. The van der Waals surface area contributed by atoms with E-state index in [-0.39, 0.29) is 5.56 Å². The van der Waals surface area contributed by atoms with Crippen LogP contribution in [0.5, 0.6) is 0 Å². The average molecular weight is 249 g/mol. The zero-order chi connectivity index (χ0) is 13.0. The Balaban J connectivity index is 2.48. The van der Waals surface area contributed by atoms with Crippen molar-refractivity contribution >= 4 is 0 Å². The molecule has 0 radical (unpaired) electrons. The Morgan fingerprint density at radius 1 is 1.17 bits per heavy atom. The minimum absolute atomic E-state index is 0.00542. The maximum atomic E-state index is 13.8. The minimum Gasteiger partial charge on any atom is -0.306 e. The fraction of sp³-hybridized carbons (Fsp3) is 0.231. The molecular formula is C13H13F2N3. The molecule has 18 heavy (non-hydrogen) atoms. The lowest BCUT2D eigenvalue weighted by atomic mass is 10.00. The largest absolute Gasteiger partial charge is 0.306 e. The molecule has 0 aliphatic heterocycles. The maximum absolute atomic E-state index is 13.8. The summed E-state index contributed by atoms with van der Waals surface area (Å²) < 4.78 is 27.6. The first-order valence-corrected chi connectivity index (χ1v) is 5.66. The summed E-state index contributed by atoms with van der Waals surface area (Å²) in [7, 11) is 0. The van der Waals surface area contributed by atoms with E-state index in [1.807, 2.05) is 6.92 Å². The summed E-state index contributed by atoms with van der Waals surface area (Å²) in [6.07, 6.45) is 4.47. The van der Waals surface area contributed by atoms with E-state index in [2.05, 4.69) is 15.3 Å². The van der Waals surface area contributed by atoms with E-state index in [0.717, 1.165) is 0 Å². The highest BCUT2D eigenvalue weighted by Crippen LogP contribution is 2.25. The van der Waals surface area contributed by atoms with Gasteiger partial charge in [-0.1, -0.05) is 13.0 Å². The summed E-state index contributed by atoms with van der Waals surface area (Å²) in [5, 5.41) is 3.04. The number of nitrogens with one attached hydrogen (secondary N) is 1. The van der Waals surface area contributed by atoms with Crippen LogP contribution in [0.2, 0.25) is 0 Å². The Bertz CT molecular complexity index is 497. The van der Waals surface area contributed by atoms with E-state index in [0.29, 0.717) is 12.1 Å². The molecule has 1 heterocycles. The van der Waals surface area contributed by atoms with Crippen LogP contribution in [0.25, 0.3) is 0 Å². The van der Waals surface area contributed by atoms with E-state index in [1.165, 1.54) is 24.5 Å². The Morgan fingerprint density at radius 2 is 1.78 bits per heavy atom. The van der Waals surface area contributed by atoms with Crippen LogP contribution < -0.4 is 5.32 Å². The van der Waals surface area contributed by atoms with Crippen LogP contribution in [0.1, 0.15) is 24.1 Å². The highest BCUT2D eigenvalue weighted by molar-refractivity contribution is 5.31. The van der Waals surface area contributed by atoms with E-state index < -0.39 is 17.7 Å². The van der Waals surface area contributed by atoms with Crippen molar-refractivity contribution in [1.82, 2.24) is 15.3 Å². The summed E-state index contributed by atoms with van der Waals surface area (Å²) in [5.74, 6) is -1.16. The second kappa shape index (κ2) is 5.64. The number of benzene rings is 1. The lowest BCUT2D eigenvalue weighted by Gasteiger charge is -2.19. The van der Waals surface area contributed by atoms with Gasteiger partial charge in [0.25, 0.3) is 0 Å². The van der Waals surface area contributed by atoms with Crippen LogP contribution in [-0.2, 0) is 0 Å². The first kappa shape index (κ1) is 12.6. The smallest absolute Gasteiger partial charge is 0.131 e. The van der Waals surface area contributed by atoms with Gasteiger partial charge >= 0.3 is 0 Å². The Morgan fingerprint density at radius 3 is 2.33 bits per heavy atom. The van der Waals surface area contributed by atoms with Gasteiger partial charge in [0.1, 0.15) is 18.0 Å². The Hall–Kier alpha value is -1.88. The number of aromatic nitrogens is 2. The van der Waals surface area contributed by atoms with E-state index in [4.69, 9.17) is 0 Å². The molecule has 1 N–H and O–H groups in total. The number of nitrogens with zero attached hydrogens (tertiary/aromatic N) is 2. The molecule has 1 aromatic carbocycles. The molecule has 1 unspecified atom stereocenters. The molecule has 0 saturated carbocycles. The van der Waals surface area contributed by atoms with Crippen molar-refractivity contribution in [2.24, 2.45) is 0 Å². The van der Waals surface area contributed by atoms with Gasteiger partial charge in [-0.15, -0.1) is 0 Å². The van der Waals surface area contributed by atoms with Gasteiger partial charge in [-0.25, -0.2) is 18.7 Å². The van der Waals surface area contributed by atoms with Gasteiger partial charge in [-0.05, 0) is 18.7 Å². The van der Waals surface area contributed by atoms with Gasteiger partial charge in [0.15, 0.2) is 0 Å². The fourth-order valence-electron chi connectivity index (χ4n) is 1.84. The maximum Gasteiger partial charge on any atom is 0.131 e. The van der Waals surface area contributed by atoms with Crippen molar-refractivity contribution in [2.75, 3.05) is 6.54 Å². The summed E-state index contributed by atoms with van der Waals surface area (Å²) in [4.78, 5) is 7.75. The molecule has 0 aliphatic carbocycles. The second-order valence-electron chi connectivity index (χ2n) is 3.80. The number of rotatable bonds is 4. The zero-order valence-corrected chi connectivity index (χ0v) is 9.90. The molecule has 94 valence electrons. The molecule has 0 amide bonds. The molecule has 0 bridgehead atoms. The van der Waals surface area contributed by atoms with E-state index >= 15 is 0 Å². The van der Waals surface area contributed by atoms with Crippen LogP contribution in [0.3, 0.4) is 0 Å². The molecule has 2 aromatic rings. The van der Waals surface area contributed by atoms with Crippen LogP contribution in [0, 0.1) is 11.6 Å². The zero-order valence-electron chi connectivity index (χ0n) is 9.90. The molecule has 0 fully saturated rings. The third-order valence-corrected chi connectivity index (χ3v) is 2.61. The normalized spacial score (nSPS) is 12.4. The molecule has 1 atom stereocenters. The first-order valence-electron chi connectivity index (χ1n) is 5.66. The fourth-order valence-corrected chi connectivity index (χ4v) is 1.84. The summed E-state index contributed by atoms with van der Waals surface area (Å²) in [6, 6.07) is 3.25. The number of hydrogen-bond acceptors (Lipinski definition) is 3. The molecule has 5 heteroatoms. The molecular weight excluding hydrogens is 236 g/mol. The van der Waals surface area contributed by atoms with Crippen molar-refractivity contribution in [3.8, 4) is 0 Å².